The van der Waals surface area contributed by atoms with Gasteiger partial charge in [-0.25, -0.2) is 0 Å². The highest BCUT2D eigenvalue weighted by molar-refractivity contribution is 6.03. The number of carbonyl (C=O) groups excluding carboxylic acids is 3. The maximum absolute atomic E-state index is 11.7. The lowest BCUT2D eigenvalue weighted by molar-refractivity contribution is -0.126. The molecule has 0 saturated carbocycles. The fourth-order valence-electron chi connectivity index (χ4n) is 1.62. The van der Waals surface area contributed by atoms with Crippen molar-refractivity contribution in [2.24, 2.45) is 0 Å². The van der Waals surface area contributed by atoms with E-state index in [4.69, 9.17) is 0 Å². The first-order chi connectivity index (χ1) is 9.88. The Labute approximate surface area is 124 Å². The van der Waals surface area contributed by atoms with Gasteiger partial charge >= 0.3 is 0 Å². The van der Waals surface area contributed by atoms with Gasteiger partial charge in [0.05, 0.1) is 0 Å². The van der Waals surface area contributed by atoms with Gasteiger partial charge in [-0.1, -0.05) is 0 Å². The molecule has 0 aromatic heterocycles. The molecule has 0 unspecified atom stereocenters. The predicted molar refractivity (Wildman–Crippen MR) is 81.3 cm³/mol. The molecule has 114 valence electrons. The number of hydrogen-bond donors (Lipinski definition) is 2. The minimum Gasteiger partial charge on any atom is -0.354 e. The molecule has 0 bridgehead atoms. The zero-order chi connectivity index (χ0) is 15.8. The average molecular weight is 291 g/mol. The highest BCUT2D eigenvalue weighted by Gasteiger charge is 2.09. The maximum Gasteiger partial charge on any atom is 0.233 e. The van der Waals surface area contributed by atoms with Gasteiger partial charge < -0.3 is 15.5 Å². The number of benzene rings is 1. The monoisotopic (exact) mass is 291 g/mol. The molecule has 0 heterocycles. The molecule has 2 N–H and O–H groups in total. The zero-order valence-electron chi connectivity index (χ0n) is 12.6. The summed E-state index contributed by atoms with van der Waals surface area (Å²) in [7, 11) is 3.81. The molecule has 0 aliphatic carbocycles. The minimum absolute atomic E-state index is 0.0341. The van der Waals surface area contributed by atoms with Crippen molar-refractivity contribution in [2.45, 2.75) is 13.3 Å². The summed E-state index contributed by atoms with van der Waals surface area (Å²) in [6.45, 7) is 2.71. The summed E-state index contributed by atoms with van der Waals surface area (Å²) >= 11 is 0. The number of nitrogens with zero attached hydrogens (tertiary/aromatic N) is 1. The quantitative estimate of drug-likeness (QED) is 0.578. The van der Waals surface area contributed by atoms with Crippen LogP contribution in [0.3, 0.4) is 0 Å². The average Bonchev–Trinajstić information content (AvgIpc) is 2.38. The lowest BCUT2D eigenvalue weighted by Gasteiger charge is -2.10. The van der Waals surface area contributed by atoms with Gasteiger partial charge in [-0.2, -0.15) is 0 Å². The van der Waals surface area contributed by atoms with Gasteiger partial charge in [-0.05, 0) is 45.3 Å². The fraction of sp³-hybridized carbons (Fsp3) is 0.400. The molecule has 6 nitrogen and oxygen atoms in total. The van der Waals surface area contributed by atoms with Crippen LogP contribution < -0.4 is 10.6 Å². The number of carbonyl (C=O) groups is 3. The van der Waals surface area contributed by atoms with Gasteiger partial charge in [-0.15, -0.1) is 0 Å². The first-order valence-corrected chi connectivity index (χ1v) is 6.71. The summed E-state index contributed by atoms with van der Waals surface area (Å²) in [6, 6.07) is 6.54. The SMILES string of the molecule is CC(=O)c1ccc(NC(=O)CC(=O)NCCN(C)C)cc1. The summed E-state index contributed by atoms with van der Waals surface area (Å²) in [5.74, 6) is -0.726. The second-order valence-corrected chi connectivity index (χ2v) is 5.01. The van der Waals surface area contributed by atoms with Crippen LogP contribution in [0.1, 0.15) is 23.7 Å². The van der Waals surface area contributed by atoms with Crippen molar-refractivity contribution in [3.05, 3.63) is 29.8 Å². The molecule has 0 atom stereocenters. The number of Topliss-reactive ketones (excluding diaryl/α,β-unsaturated/α-hetero) is 1. The van der Waals surface area contributed by atoms with E-state index >= 15 is 0 Å². The van der Waals surface area contributed by atoms with Crippen molar-refractivity contribution in [3.63, 3.8) is 0 Å². The van der Waals surface area contributed by atoms with Crippen LogP contribution in [0.5, 0.6) is 0 Å². The van der Waals surface area contributed by atoms with Crippen LogP contribution in [-0.2, 0) is 9.59 Å². The number of hydrogen-bond acceptors (Lipinski definition) is 4. The van der Waals surface area contributed by atoms with Gasteiger partial charge in [0.2, 0.25) is 11.8 Å². The third-order valence-corrected chi connectivity index (χ3v) is 2.78. The number of ketones is 1. The number of anilines is 1. The fourth-order valence-corrected chi connectivity index (χ4v) is 1.62. The molecule has 0 fully saturated rings. The number of likely N-dealkylation sites (N-methyl/N-ethyl adjacent to an activating group) is 1. The minimum atomic E-state index is -0.382. The van der Waals surface area contributed by atoms with E-state index in [0.29, 0.717) is 17.8 Å². The Hall–Kier alpha value is -2.21. The van der Waals surface area contributed by atoms with Crippen molar-refractivity contribution in [2.75, 3.05) is 32.5 Å². The Balaban J connectivity index is 2.39. The van der Waals surface area contributed by atoms with Gasteiger partial charge in [-0.3, -0.25) is 14.4 Å². The maximum atomic E-state index is 11.7. The van der Waals surface area contributed by atoms with Crippen LogP contribution in [0.4, 0.5) is 5.69 Å². The number of rotatable bonds is 7. The Morgan fingerprint density at radius 1 is 1.05 bits per heavy atom. The van der Waals surface area contributed by atoms with E-state index in [1.165, 1.54) is 6.92 Å². The Bertz CT molecular complexity index is 509. The largest absolute Gasteiger partial charge is 0.354 e. The van der Waals surface area contributed by atoms with Crippen LogP contribution in [0.2, 0.25) is 0 Å². The molecule has 0 radical (unpaired) electrons. The Morgan fingerprint density at radius 3 is 2.19 bits per heavy atom. The van der Waals surface area contributed by atoms with Gasteiger partial charge in [0, 0.05) is 24.3 Å². The molecule has 1 aromatic rings. The smallest absolute Gasteiger partial charge is 0.233 e. The number of nitrogens with one attached hydrogen (secondary N) is 2. The lowest BCUT2D eigenvalue weighted by Crippen LogP contribution is -2.33. The molecule has 0 saturated heterocycles. The Morgan fingerprint density at radius 2 is 1.67 bits per heavy atom. The van der Waals surface area contributed by atoms with Crippen molar-refractivity contribution >= 4 is 23.3 Å². The first-order valence-electron chi connectivity index (χ1n) is 6.71. The second kappa shape index (κ2) is 8.16. The molecule has 2 amide bonds. The normalized spacial score (nSPS) is 10.3. The van der Waals surface area contributed by atoms with Crippen molar-refractivity contribution in [1.82, 2.24) is 10.2 Å². The summed E-state index contributed by atoms with van der Waals surface area (Å²) in [4.78, 5) is 36.3. The van der Waals surface area contributed by atoms with Crippen molar-refractivity contribution in [3.8, 4) is 0 Å². The highest BCUT2D eigenvalue weighted by Crippen LogP contribution is 2.10. The number of amides is 2. The highest BCUT2D eigenvalue weighted by atomic mass is 16.2. The van der Waals surface area contributed by atoms with Crippen LogP contribution in [-0.4, -0.2) is 49.7 Å². The molecule has 21 heavy (non-hydrogen) atoms. The van der Waals surface area contributed by atoms with E-state index in [2.05, 4.69) is 10.6 Å². The standard InChI is InChI=1S/C15H21N3O3/c1-11(19)12-4-6-13(7-5-12)17-15(21)10-14(20)16-8-9-18(2)3/h4-7H,8-10H2,1-3H3,(H,16,20)(H,17,21). The third-order valence-electron chi connectivity index (χ3n) is 2.78. The van der Waals surface area contributed by atoms with E-state index in [0.717, 1.165) is 6.54 Å². The molecular weight excluding hydrogens is 270 g/mol. The first kappa shape index (κ1) is 16.8. The van der Waals surface area contributed by atoms with Crippen molar-refractivity contribution in [1.29, 1.82) is 0 Å². The van der Waals surface area contributed by atoms with E-state index in [1.54, 1.807) is 24.3 Å². The molecule has 0 aliphatic heterocycles. The van der Waals surface area contributed by atoms with E-state index < -0.39 is 0 Å². The summed E-state index contributed by atoms with van der Waals surface area (Å²) in [5, 5.41) is 5.29. The van der Waals surface area contributed by atoms with E-state index in [-0.39, 0.29) is 24.0 Å². The van der Waals surface area contributed by atoms with Crippen molar-refractivity contribution < 1.29 is 14.4 Å². The molecule has 6 heteroatoms. The Kier molecular flexibility index (Phi) is 6.55. The van der Waals surface area contributed by atoms with Crippen LogP contribution >= 0.6 is 0 Å². The molecule has 1 aromatic carbocycles. The van der Waals surface area contributed by atoms with Crippen LogP contribution in [0, 0.1) is 0 Å². The van der Waals surface area contributed by atoms with E-state index in [1.807, 2.05) is 19.0 Å². The predicted octanol–water partition coefficient (Wildman–Crippen LogP) is 0.896. The van der Waals surface area contributed by atoms with Crippen LogP contribution in [0.15, 0.2) is 24.3 Å². The second-order valence-electron chi connectivity index (χ2n) is 5.01. The molecule has 0 aliphatic rings. The summed E-state index contributed by atoms with van der Waals surface area (Å²) in [6.07, 6.45) is -0.220. The summed E-state index contributed by atoms with van der Waals surface area (Å²) < 4.78 is 0. The lowest BCUT2D eigenvalue weighted by atomic mass is 10.1. The molecule has 0 spiro atoms. The van der Waals surface area contributed by atoms with Gasteiger partial charge in [0.25, 0.3) is 0 Å². The molecule has 1 rings (SSSR count). The van der Waals surface area contributed by atoms with Crippen LogP contribution in [0.25, 0.3) is 0 Å². The third kappa shape index (κ3) is 6.67. The zero-order valence-corrected chi connectivity index (χ0v) is 12.6. The topological polar surface area (TPSA) is 78.5 Å². The van der Waals surface area contributed by atoms with Gasteiger partial charge in [0.1, 0.15) is 6.42 Å². The van der Waals surface area contributed by atoms with E-state index in [9.17, 15) is 14.4 Å². The summed E-state index contributed by atoms with van der Waals surface area (Å²) in [5.41, 5.74) is 1.14. The molecular formula is C15H21N3O3. The van der Waals surface area contributed by atoms with Gasteiger partial charge in [0.15, 0.2) is 5.78 Å².